The van der Waals surface area contributed by atoms with Crippen LogP contribution in [0.25, 0.3) is 11.1 Å². The van der Waals surface area contributed by atoms with Gasteiger partial charge in [0.2, 0.25) is 5.89 Å². The zero-order chi connectivity index (χ0) is 17.4. The lowest BCUT2D eigenvalue weighted by molar-refractivity contribution is 0.141. The Labute approximate surface area is 147 Å². The van der Waals surface area contributed by atoms with Crippen molar-refractivity contribution in [2.75, 3.05) is 13.1 Å². The van der Waals surface area contributed by atoms with Crippen molar-refractivity contribution in [3.8, 4) is 0 Å². The molecule has 6 nitrogen and oxygen atoms in total. The van der Waals surface area contributed by atoms with Gasteiger partial charge < -0.3 is 8.98 Å². The van der Waals surface area contributed by atoms with Gasteiger partial charge in [-0.3, -0.25) is 4.90 Å². The quantitative estimate of drug-likeness (QED) is 0.720. The summed E-state index contributed by atoms with van der Waals surface area (Å²) in [5.74, 6) is 2.42. The van der Waals surface area contributed by atoms with Crippen LogP contribution in [0, 0.1) is 0 Å². The molecule has 132 valence electrons. The first kappa shape index (κ1) is 16.3. The smallest absolute Gasteiger partial charge is 0.212 e. The van der Waals surface area contributed by atoms with Crippen LogP contribution in [0.4, 0.5) is 0 Å². The number of aromatic nitrogens is 4. The van der Waals surface area contributed by atoms with Gasteiger partial charge in [-0.15, -0.1) is 10.2 Å². The number of benzene rings is 1. The molecule has 1 saturated heterocycles. The number of hydrogen-bond donors (Lipinski definition) is 0. The molecular weight excluding hydrogens is 314 g/mol. The molecule has 1 fully saturated rings. The molecule has 0 saturated carbocycles. The van der Waals surface area contributed by atoms with E-state index in [9.17, 15) is 0 Å². The van der Waals surface area contributed by atoms with Crippen molar-refractivity contribution >= 4 is 11.1 Å². The maximum atomic E-state index is 5.95. The summed E-state index contributed by atoms with van der Waals surface area (Å²) in [5, 5.41) is 8.50. The van der Waals surface area contributed by atoms with Crippen LogP contribution in [0.3, 0.4) is 0 Å². The van der Waals surface area contributed by atoms with Crippen molar-refractivity contribution in [2.45, 2.75) is 51.6 Å². The highest BCUT2D eigenvalue weighted by atomic mass is 16.3. The predicted octanol–water partition coefficient (Wildman–Crippen LogP) is 3.94. The highest BCUT2D eigenvalue weighted by molar-refractivity contribution is 5.72. The molecule has 1 unspecified atom stereocenters. The number of fused-ring (bicyclic) bond motifs is 1. The summed E-state index contributed by atoms with van der Waals surface area (Å²) < 4.78 is 8.15. The molecule has 1 aromatic carbocycles. The third-order valence-corrected chi connectivity index (χ3v) is 5.27. The van der Waals surface area contributed by atoms with E-state index < -0.39 is 0 Å². The van der Waals surface area contributed by atoms with Gasteiger partial charge in [-0.2, -0.15) is 0 Å². The Morgan fingerprint density at radius 1 is 1.12 bits per heavy atom. The normalized spacial score (nSPS) is 18.2. The molecule has 0 spiro atoms. The fraction of sp³-hybridized carbons (Fsp3) is 0.526. The third kappa shape index (κ3) is 3.06. The van der Waals surface area contributed by atoms with Gasteiger partial charge in [0.15, 0.2) is 5.58 Å². The maximum absolute atomic E-state index is 5.95. The zero-order valence-electron chi connectivity index (χ0n) is 15.1. The van der Waals surface area contributed by atoms with Crippen molar-refractivity contribution < 1.29 is 4.42 Å². The number of para-hydroxylation sites is 2. The van der Waals surface area contributed by atoms with Crippen LogP contribution < -0.4 is 0 Å². The average Bonchev–Trinajstić information content (AvgIpc) is 3.28. The van der Waals surface area contributed by atoms with Crippen molar-refractivity contribution in [2.24, 2.45) is 0 Å². The van der Waals surface area contributed by atoms with Crippen molar-refractivity contribution in [1.29, 1.82) is 0 Å². The second kappa shape index (κ2) is 6.59. The van der Waals surface area contributed by atoms with Crippen LogP contribution in [-0.4, -0.2) is 37.7 Å². The van der Waals surface area contributed by atoms with Gasteiger partial charge >= 0.3 is 0 Å². The van der Waals surface area contributed by atoms with Gasteiger partial charge in [-0.25, -0.2) is 4.98 Å². The number of likely N-dealkylation sites (tertiary alicyclic amines) is 1. The van der Waals surface area contributed by atoms with E-state index in [4.69, 9.17) is 4.42 Å². The Hall–Kier alpha value is -2.21. The van der Waals surface area contributed by atoms with E-state index in [2.05, 4.69) is 45.4 Å². The lowest BCUT2D eigenvalue weighted by Gasteiger charge is -2.34. The first-order valence-electron chi connectivity index (χ1n) is 9.12. The number of rotatable bonds is 4. The van der Waals surface area contributed by atoms with E-state index in [1.165, 1.54) is 0 Å². The van der Waals surface area contributed by atoms with Gasteiger partial charge in [0, 0.05) is 12.0 Å². The van der Waals surface area contributed by atoms with E-state index in [1.54, 1.807) is 0 Å². The zero-order valence-corrected chi connectivity index (χ0v) is 15.1. The predicted molar refractivity (Wildman–Crippen MR) is 96.4 cm³/mol. The number of piperidine rings is 1. The molecule has 0 aliphatic carbocycles. The summed E-state index contributed by atoms with van der Waals surface area (Å²) >= 11 is 0. The fourth-order valence-electron chi connectivity index (χ4n) is 3.71. The third-order valence-electron chi connectivity index (χ3n) is 5.27. The van der Waals surface area contributed by atoms with Gasteiger partial charge in [-0.05, 0) is 58.8 Å². The van der Waals surface area contributed by atoms with Crippen LogP contribution in [-0.2, 0) is 0 Å². The van der Waals surface area contributed by atoms with E-state index >= 15 is 0 Å². The lowest BCUT2D eigenvalue weighted by atomic mass is 9.94. The van der Waals surface area contributed by atoms with E-state index in [0.717, 1.165) is 48.7 Å². The molecule has 0 N–H and O–H groups in total. The van der Waals surface area contributed by atoms with E-state index in [0.29, 0.717) is 12.0 Å². The summed E-state index contributed by atoms with van der Waals surface area (Å²) in [4.78, 5) is 7.11. The Morgan fingerprint density at radius 3 is 2.60 bits per heavy atom. The van der Waals surface area contributed by atoms with Crippen molar-refractivity contribution in [1.82, 2.24) is 24.6 Å². The fourth-order valence-corrected chi connectivity index (χ4v) is 3.71. The topological polar surface area (TPSA) is 60.0 Å². The summed E-state index contributed by atoms with van der Waals surface area (Å²) in [6, 6.07) is 8.55. The van der Waals surface area contributed by atoms with E-state index in [1.807, 2.05) is 30.6 Å². The first-order chi connectivity index (χ1) is 12.1. The summed E-state index contributed by atoms with van der Waals surface area (Å²) in [6.07, 6.45) is 4.04. The minimum absolute atomic E-state index is 0.191. The van der Waals surface area contributed by atoms with Crippen LogP contribution in [0.2, 0.25) is 0 Å². The SMILES string of the molecule is CC(c1nc2ccccc2o1)N1CCC(c2nncn2C(C)C)CC1. The standard InChI is InChI=1S/C19H25N5O/c1-13(2)24-12-20-22-18(24)15-8-10-23(11-9-15)14(3)19-21-16-6-4-5-7-17(16)25-19/h4-7,12-15H,8-11H2,1-3H3. The molecule has 0 bridgehead atoms. The number of hydrogen-bond acceptors (Lipinski definition) is 5. The minimum Gasteiger partial charge on any atom is -0.439 e. The molecule has 3 heterocycles. The molecule has 6 heteroatoms. The van der Waals surface area contributed by atoms with E-state index in [-0.39, 0.29) is 6.04 Å². The first-order valence-corrected chi connectivity index (χ1v) is 9.12. The van der Waals surface area contributed by atoms with Crippen LogP contribution >= 0.6 is 0 Å². The Bertz CT molecular complexity index is 811. The second-order valence-electron chi connectivity index (χ2n) is 7.20. The number of oxazole rings is 1. The molecule has 1 atom stereocenters. The molecule has 4 rings (SSSR count). The Morgan fingerprint density at radius 2 is 1.88 bits per heavy atom. The monoisotopic (exact) mass is 339 g/mol. The molecule has 0 amide bonds. The lowest BCUT2D eigenvalue weighted by Crippen LogP contribution is -2.35. The van der Waals surface area contributed by atoms with Gasteiger partial charge in [0.1, 0.15) is 17.7 Å². The minimum atomic E-state index is 0.191. The van der Waals surface area contributed by atoms with Gasteiger partial charge in [0.05, 0.1) is 6.04 Å². The molecule has 1 aliphatic heterocycles. The Balaban J connectivity index is 1.45. The van der Waals surface area contributed by atoms with Crippen LogP contribution in [0.1, 0.15) is 63.3 Å². The highest BCUT2D eigenvalue weighted by Crippen LogP contribution is 2.32. The average molecular weight is 339 g/mol. The molecule has 25 heavy (non-hydrogen) atoms. The molecule has 1 aliphatic rings. The van der Waals surface area contributed by atoms with Crippen LogP contribution in [0.15, 0.2) is 35.0 Å². The summed E-state index contributed by atoms with van der Waals surface area (Å²) in [6.45, 7) is 8.58. The van der Waals surface area contributed by atoms with Crippen molar-refractivity contribution in [3.05, 3.63) is 42.3 Å². The number of nitrogens with zero attached hydrogens (tertiary/aromatic N) is 5. The van der Waals surface area contributed by atoms with Gasteiger partial charge in [-0.1, -0.05) is 12.1 Å². The van der Waals surface area contributed by atoms with Gasteiger partial charge in [0.25, 0.3) is 0 Å². The highest BCUT2D eigenvalue weighted by Gasteiger charge is 2.29. The summed E-state index contributed by atoms with van der Waals surface area (Å²) in [7, 11) is 0. The maximum Gasteiger partial charge on any atom is 0.212 e. The molecular formula is C19H25N5O. The van der Waals surface area contributed by atoms with Crippen molar-refractivity contribution in [3.63, 3.8) is 0 Å². The molecule has 3 aromatic rings. The van der Waals surface area contributed by atoms with Crippen LogP contribution in [0.5, 0.6) is 0 Å². The second-order valence-corrected chi connectivity index (χ2v) is 7.20. The molecule has 2 aromatic heterocycles. The molecule has 0 radical (unpaired) electrons. The largest absolute Gasteiger partial charge is 0.439 e. The summed E-state index contributed by atoms with van der Waals surface area (Å²) in [5.41, 5.74) is 1.80. The Kier molecular flexibility index (Phi) is 4.29.